The van der Waals surface area contributed by atoms with E-state index >= 15 is 0 Å². The van der Waals surface area contributed by atoms with E-state index in [2.05, 4.69) is 0 Å². The number of alkyl halides is 5. The van der Waals surface area contributed by atoms with Gasteiger partial charge in [0.05, 0.1) is 5.56 Å². The molecule has 0 amide bonds. The lowest BCUT2D eigenvalue weighted by atomic mass is 9.93. The fraction of sp³-hybridized carbons (Fsp3) is 0.417. The number of carbonyl (C=O) groups excluding carboxylic acids is 1. The Kier molecular flexibility index (Phi) is 4.09. The van der Waals surface area contributed by atoms with Crippen LogP contribution in [0.25, 0.3) is 0 Å². The zero-order valence-electron chi connectivity index (χ0n) is 9.74. The van der Waals surface area contributed by atoms with Gasteiger partial charge in [-0.15, -0.1) is 0 Å². The van der Waals surface area contributed by atoms with Crippen LogP contribution in [0.5, 0.6) is 0 Å². The predicted molar refractivity (Wildman–Crippen MR) is 55.8 cm³/mol. The summed E-state index contributed by atoms with van der Waals surface area (Å²) in [7, 11) is 0. The summed E-state index contributed by atoms with van der Waals surface area (Å²) in [5.41, 5.74) is -2.66. The lowest BCUT2D eigenvalue weighted by Crippen LogP contribution is -2.16. The average Bonchev–Trinajstić information content (AvgIpc) is 2.25. The Morgan fingerprint density at radius 2 is 1.83 bits per heavy atom. The molecule has 18 heavy (non-hydrogen) atoms. The second-order valence-electron chi connectivity index (χ2n) is 3.81. The summed E-state index contributed by atoms with van der Waals surface area (Å²) in [6, 6.07) is 1.43. The van der Waals surface area contributed by atoms with Crippen LogP contribution in [0.2, 0.25) is 0 Å². The molecule has 0 spiro atoms. The minimum atomic E-state index is -4.73. The van der Waals surface area contributed by atoms with E-state index in [1.54, 1.807) is 0 Å². The van der Waals surface area contributed by atoms with Crippen LogP contribution in [-0.4, -0.2) is 5.78 Å². The zero-order valence-corrected chi connectivity index (χ0v) is 9.74. The van der Waals surface area contributed by atoms with Gasteiger partial charge in [0.25, 0.3) is 6.43 Å². The molecule has 0 aliphatic heterocycles. The van der Waals surface area contributed by atoms with Crippen molar-refractivity contribution in [2.75, 3.05) is 0 Å². The van der Waals surface area contributed by atoms with E-state index in [1.165, 1.54) is 6.92 Å². The van der Waals surface area contributed by atoms with Crippen molar-refractivity contribution in [2.24, 2.45) is 0 Å². The molecule has 1 aromatic rings. The van der Waals surface area contributed by atoms with Crippen LogP contribution in [-0.2, 0) is 12.6 Å². The van der Waals surface area contributed by atoms with E-state index in [4.69, 9.17) is 0 Å². The van der Waals surface area contributed by atoms with Crippen LogP contribution >= 0.6 is 0 Å². The molecular weight excluding hydrogens is 255 g/mol. The Bertz CT molecular complexity index is 462. The number of Topliss-reactive ketones (excluding diaryl/α,β-unsaturated/α-hetero) is 1. The summed E-state index contributed by atoms with van der Waals surface area (Å²) >= 11 is 0. The number of hydrogen-bond acceptors (Lipinski definition) is 1. The third-order valence-electron chi connectivity index (χ3n) is 2.54. The highest BCUT2D eigenvalue weighted by molar-refractivity contribution is 5.96. The predicted octanol–water partition coefficient (Wildman–Crippen LogP) is 4.41. The van der Waals surface area contributed by atoms with Gasteiger partial charge in [-0.1, -0.05) is 6.92 Å². The molecule has 0 radical (unpaired) electrons. The molecule has 0 atom stereocenters. The Hall–Kier alpha value is -1.46. The summed E-state index contributed by atoms with van der Waals surface area (Å²) in [5, 5.41) is 0. The largest absolute Gasteiger partial charge is 0.417 e. The van der Waals surface area contributed by atoms with Crippen LogP contribution in [0.15, 0.2) is 12.1 Å². The first-order valence-electron chi connectivity index (χ1n) is 5.21. The van der Waals surface area contributed by atoms with Crippen LogP contribution in [0.4, 0.5) is 22.0 Å². The fourth-order valence-electron chi connectivity index (χ4n) is 1.74. The Labute approximate surface area is 101 Å². The maximum Gasteiger partial charge on any atom is 0.417 e. The minimum absolute atomic E-state index is 0.0737. The Balaban J connectivity index is 3.62. The number of hydrogen-bond donors (Lipinski definition) is 0. The molecule has 1 nitrogen and oxygen atoms in total. The number of carbonyl (C=O) groups is 1. The highest BCUT2D eigenvalue weighted by atomic mass is 19.4. The molecule has 1 aromatic carbocycles. The first-order valence-corrected chi connectivity index (χ1v) is 5.21. The summed E-state index contributed by atoms with van der Waals surface area (Å²) in [6.07, 6.45) is -7.71. The van der Waals surface area contributed by atoms with Crippen LogP contribution < -0.4 is 0 Å². The summed E-state index contributed by atoms with van der Waals surface area (Å²) < 4.78 is 63.7. The van der Waals surface area contributed by atoms with Gasteiger partial charge >= 0.3 is 6.18 Å². The van der Waals surface area contributed by atoms with Crippen molar-refractivity contribution >= 4 is 5.78 Å². The van der Waals surface area contributed by atoms with Crippen LogP contribution in [0.3, 0.4) is 0 Å². The Morgan fingerprint density at radius 1 is 1.28 bits per heavy atom. The molecular formula is C12H11F5O. The average molecular weight is 266 g/mol. The van der Waals surface area contributed by atoms with Gasteiger partial charge in [-0.3, -0.25) is 4.79 Å². The van der Waals surface area contributed by atoms with Crippen molar-refractivity contribution < 1.29 is 26.7 Å². The van der Waals surface area contributed by atoms with E-state index < -0.39 is 35.1 Å². The third-order valence-corrected chi connectivity index (χ3v) is 2.54. The SMILES string of the molecule is CCc1cc(C(F)F)cc(C(C)=O)c1C(F)(F)F. The smallest absolute Gasteiger partial charge is 0.294 e. The zero-order chi connectivity index (χ0) is 14.1. The lowest BCUT2D eigenvalue weighted by Gasteiger charge is -2.17. The quantitative estimate of drug-likeness (QED) is 0.585. The highest BCUT2D eigenvalue weighted by Gasteiger charge is 2.37. The summed E-state index contributed by atoms with van der Waals surface area (Å²) in [6.45, 7) is 2.35. The maximum atomic E-state index is 12.8. The van der Waals surface area contributed by atoms with Crippen molar-refractivity contribution in [1.82, 2.24) is 0 Å². The lowest BCUT2D eigenvalue weighted by molar-refractivity contribution is -0.138. The molecule has 0 aliphatic rings. The first kappa shape index (κ1) is 14.6. The van der Waals surface area contributed by atoms with Gasteiger partial charge in [0.1, 0.15) is 0 Å². The van der Waals surface area contributed by atoms with Crippen molar-refractivity contribution in [3.05, 3.63) is 34.4 Å². The van der Waals surface area contributed by atoms with E-state index in [1.807, 2.05) is 0 Å². The molecule has 0 N–H and O–H groups in total. The van der Waals surface area contributed by atoms with Crippen LogP contribution in [0, 0.1) is 0 Å². The number of benzene rings is 1. The second kappa shape index (κ2) is 5.04. The van der Waals surface area contributed by atoms with Gasteiger partial charge < -0.3 is 0 Å². The molecule has 1 rings (SSSR count). The molecule has 0 aromatic heterocycles. The molecule has 0 heterocycles. The van der Waals surface area contributed by atoms with Crippen molar-refractivity contribution in [3.8, 4) is 0 Å². The van der Waals surface area contributed by atoms with Gasteiger partial charge in [-0.25, -0.2) is 8.78 Å². The molecule has 100 valence electrons. The van der Waals surface area contributed by atoms with E-state index in [-0.39, 0.29) is 12.0 Å². The Morgan fingerprint density at radius 3 is 2.17 bits per heavy atom. The topological polar surface area (TPSA) is 17.1 Å². The monoisotopic (exact) mass is 266 g/mol. The van der Waals surface area contributed by atoms with Gasteiger partial charge in [0, 0.05) is 11.1 Å². The van der Waals surface area contributed by atoms with Gasteiger partial charge in [0.15, 0.2) is 5.78 Å². The standard InChI is InChI=1S/C12H11F5O/c1-3-7-4-8(11(13)14)5-9(6(2)18)10(7)12(15,16)17/h4-5,11H,3H2,1-2H3. The number of halogens is 5. The third kappa shape index (κ3) is 2.86. The van der Waals surface area contributed by atoms with Crippen molar-refractivity contribution in [1.29, 1.82) is 0 Å². The molecule has 0 fully saturated rings. The molecule has 0 saturated heterocycles. The van der Waals surface area contributed by atoms with Gasteiger partial charge in [-0.05, 0) is 31.0 Å². The number of rotatable bonds is 3. The van der Waals surface area contributed by atoms with Crippen molar-refractivity contribution in [2.45, 2.75) is 32.9 Å². The van der Waals surface area contributed by atoms with Gasteiger partial charge in [-0.2, -0.15) is 13.2 Å². The molecule has 0 aliphatic carbocycles. The highest BCUT2D eigenvalue weighted by Crippen LogP contribution is 2.37. The number of ketones is 1. The summed E-state index contributed by atoms with van der Waals surface area (Å²) in [5.74, 6) is -0.875. The minimum Gasteiger partial charge on any atom is -0.294 e. The number of aryl methyl sites for hydroxylation is 1. The molecule has 0 bridgehead atoms. The van der Waals surface area contributed by atoms with E-state index in [0.717, 1.165) is 13.0 Å². The first-order chi connectivity index (χ1) is 8.18. The van der Waals surface area contributed by atoms with E-state index in [9.17, 15) is 26.7 Å². The molecule has 0 saturated carbocycles. The van der Waals surface area contributed by atoms with Gasteiger partial charge in [0.2, 0.25) is 0 Å². The molecule has 6 heteroatoms. The molecule has 0 unspecified atom stereocenters. The summed E-state index contributed by atoms with van der Waals surface area (Å²) in [4.78, 5) is 11.2. The maximum absolute atomic E-state index is 12.8. The second-order valence-corrected chi connectivity index (χ2v) is 3.81. The van der Waals surface area contributed by atoms with Crippen molar-refractivity contribution in [3.63, 3.8) is 0 Å². The normalized spacial score (nSPS) is 12.0. The van der Waals surface area contributed by atoms with E-state index in [0.29, 0.717) is 6.07 Å². The van der Waals surface area contributed by atoms with Crippen LogP contribution in [0.1, 0.15) is 47.3 Å². The fourth-order valence-corrected chi connectivity index (χ4v) is 1.74.